The standard InChI is InChI=1S/C36H27ClO/c1-35(2)27-12-8-6-10-24(27)32-28(35)16-15-25-33-30(37)18-21(19-31(33)38-34(25)32)20-13-14-23-22-9-5-7-11-26(22)36(3,4)29(23)17-20/h5-19H,1-4H3. The quantitative estimate of drug-likeness (QED) is 0.214. The van der Waals surface area contributed by atoms with E-state index in [4.69, 9.17) is 16.0 Å². The molecule has 0 aliphatic heterocycles. The zero-order valence-corrected chi connectivity index (χ0v) is 22.7. The SMILES string of the molecule is CC1(C)c2ccccc2-c2ccc(-c3cc(Cl)c4c(c3)oc3c5c(ccc34)C(C)(C)c3ccccc3-5)cc21. The Bertz CT molecular complexity index is 1990. The average Bonchev–Trinajstić information content (AvgIpc) is 3.49. The Morgan fingerprint density at radius 2 is 1.24 bits per heavy atom. The van der Waals surface area contributed by atoms with E-state index in [0.29, 0.717) is 0 Å². The first-order chi connectivity index (χ1) is 18.3. The van der Waals surface area contributed by atoms with Crippen molar-refractivity contribution in [3.63, 3.8) is 0 Å². The fraction of sp³-hybridized carbons (Fsp3) is 0.167. The molecular formula is C36H27ClO. The molecule has 1 aromatic heterocycles. The van der Waals surface area contributed by atoms with E-state index in [1.54, 1.807) is 0 Å². The van der Waals surface area contributed by atoms with Crippen LogP contribution in [-0.2, 0) is 10.8 Å². The summed E-state index contributed by atoms with van der Waals surface area (Å²) in [6.45, 7) is 9.23. The molecule has 0 amide bonds. The maximum Gasteiger partial charge on any atom is 0.143 e. The van der Waals surface area contributed by atoms with Gasteiger partial charge in [0.1, 0.15) is 11.2 Å². The third-order valence-electron chi connectivity index (χ3n) is 9.15. The van der Waals surface area contributed by atoms with Crippen molar-refractivity contribution < 1.29 is 4.42 Å². The number of halogens is 1. The minimum absolute atomic E-state index is 0.0457. The minimum atomic E-state index is -0.0666. The molecule has 0 N–H and O–H groups in total. The van der Waals surface area contributed by atoms with Crippen molar-refractivity contribution in [2.75, 3.05) is 0 Å². The van der Waals surface area contributed by atoms with Crippen LogP contribution < -0.4 is 0 Å². The van der Waals surface area contributed by atoms with Gasteiger partial charge in [-0.15, -0.1) is 0 Å². The second kappa shape index (κ2) is 7.18. The lowest BCUT2D eigenvalue weighted by molar-refractivity contribution is 0.653. The lowest BCUT2D eigenvalue weighted by Gasteiger charge is -2.22. The monoisotopic (exact) mass is 510 g/mol. The molecule has 2 aliphatic carbocycles. The van der Waals surface area contributed by atoms with Crippen LogP contribution in [0.4, 0.5) is 0 Å². The summed E-state index contributed by atoms with van der Waals surface area (Å²) in [4.78, 5) is 0. The molecule has 6 aromatic rings. The van der Waals surface area contributed by atoms with Gasteiger partial charge in [0.25, 0.3) is 0 Å². The predicted octanol–water partition coefficient (Wildman–Crippen LogP) is 10.5. The van der Waals surface area contributed by atoms with Crippen LogP contribution >= 0.6 is 11.6 Å². The van der Waals surface area contributed by atoms with E-state index in [-0.39, 0.29) is 10.8 Å². The Labute approximate surface area is 227 Å². The first-order valence-electron chi connectivity index (χ1n) is 13.3. The van der Waals surface area contributed by atoms with E-state index in [2.05, 4.69) is 119 Å². The van der Waals surface area contributed by atoms with Gasteiger partial charge in [-0.2, -0.15) is 0 Å². The first kappa shape index (κ1) is 22.2. The normalized spacial score (nSPS) is 15.9. The summed E-state index contributed by atoms with van der Waals surface area (Å²) in [5, 5.41) is 2.79. The van der Waals surface area contributed by atoms with E-state index < -0.39 is 0 Å². The summed E-state index contributed by atoms with van der Waals surface area (Å²) >= 11 is 7.03. The van der Waals surface area contributed by atoms with Gasteiger partial charge in [0.05, 0.1) is 5.02 Å². The van der Waals surface area contributed by atoms with Gasteiger partial charge >= 0.3 is 0 Å². The minimum Gasteiger partial charge on any atom is -0.455 e. The summed E-state index contributed by atoms with van der Waals surface area (Å²) in [5.74, 6) is 0. The zero-order valence-electron chi connectivity index (χ0n) is 21.9. The third-order valence-corrected chi connectivity index (χ3v) is 9.45. The second-order valence-electron chi connectivity index (χ2n) is 11.9. The second-order valence-corrected chi connectivity index (χ2v) is 12.3. The molecule has 184 valence electrons. The molecule has 5 aromatic carbocycles. The van der Waals surface area contributed by atoms with Gasteiger partial charge in [0, 0.05) is 27.2 Å². The highest BCUT2D eigenvalue weighted by Crippen LogP contribution is 2.53. The van der Waals surface area contributed by atoms with Crippen molar-refractivity contribution in [1.29, 1.82) is 0 Å². The lowest BCUT2D eigenvalue weighted by Crippen LogP contribution is -2.14. The van der Waals surface area contributed by atoms with Crippen LogP contribution in [0.1, 0.15) is 49.9 Å². The van der Waals surface area contributed by atoms with Gasteiger partial charge in [0.2, 0.25) is 0 Å². The summed E-state index contributed by atoms with van der Waals surface area (Å²) < 4.78 is 6.69. The molecule has 0 spiro atoms. The summed E-state index contributed by atoms with van der Waals surface area (Å²) in [5.41, 5.74) is 14.4. The molecule has 1 heterocycles. The summed E-state index contributed by atoms with van der Waals surface area (Å²) in [7, 11) is 0. The summed E-state index contributed by atoms with van der Waals surface area (Å²) in [6, 6.07) is 33.0. The smallest absolute Gasteiger partial charge is 0.143 e. The Kier molecular flexibility index (Phi) is 4.20. The maximum atomic E-state index is 7.03. The van der Waals surface area contributed by atoms with Crippen molar-refractivity contribution in [3.05, 3.63) is 118 Å². The van der Waals surface area contributed by atoms with Gasteiger partial charge in [-0.05, 0) is 68.3 Å². The Balaban J connectivity index is 1.34. The first-order valence-corrected chi connectivity index (χ1v) is 13.7. The van der Waals surface area contributed by atoms with Crippen LogP contribution in [0.5, 0.6) is 0 Å². The van der Waals surface area contributed by atoms with Crippen LogP contribution in [0.25, 0.3) is 55.3 Å². The summed E-state index contributed by atoms with van der Waals surface area (Å²) in [6.07, 6.45) is 0. The molecule has 0 atom stereocenters. The molecule has 0 unspecified atom stereocenters. The molecule has 1 nitrogen and oxygen atoms in total. The molecule has 38 heavy (non-hydrogen) atoms. The third kappa shape index (κ3) is 2.68. The number of hydrogen-bond donors (Lipinski definition) is 0. The van der Waals surface area contributed by atoms with Gasteiger partial charge in [-0.1, -0.05) is 112 Å². The van der Waals surface area contributed by atoms with Gasteiger partial charge < -0.3 is 4.42 Å². The molecule has 2 aliphatic rings. The van der Waals surface area contributed by atoms with Crippen molar-refractivity contribution in [1.82, 2.24) is 0 Å². The molecule has 8 rings (SSSR count). The predicted molar refractivity (Wildman–Crippen MR) is 159 cm³/mol. The van der Waals surface area contributed by atoms with Crippen LogP contribution in [0, 0.1) is 0 Å². The highest BCUT2D eigenvalue weighted by atomic mass is 35.5. The Hall–Kier alpha value is -3.81. The van der Waals surface area contributed by atoms with Crippen molar-refractivity contribution in [2.24, 2.45) is 0 Å². The molecule has 2 heteroatoms. The Morgan fingerprint density at radius 1 is 0.579 bits per heavy atom. The van der Waals surface area contributed by atoms with E-state index in [0.717, 1.165) is 38.1 Å². The fourth-order valence-corrected chi connectivity index (χ4v) is 7.46. The van der Waals surface area contributed by atoms with Gasteiger partial charge in [0.15, 0.2) is 0 Å². The van der Waals surface area contributed by atoms with E-state index in [1.165, 1.54) is 44.5 Å². The van der Waals surface area contributed by atoms with E-state index in [1.807, 2.05) is 0 Å². The van der Waals surface area contributed by atoms with Crippen LogP contribution in [0.3, 0.4) is 0 Å². The van der Waals surface area contributed by atoms with Crippen LogP contribution in [-0.4, -0.2) is 0 Å². The average molecular weight is 511 g/mol. The molecule has 0 radical (unpaired) electrons. The van der Waals surface area contributed by atoms with E-state index >= 15 is 0 Å². The molecule has 0 fully saturated rings. The number of furan rings is 1. The van der Waals surface area contributed by atoms with Gasteiger partial charge in [-0.3, -0.25) is 0 Å². The Morgan fingerprint density at radius 3 is 2.03 bits per heavy atom. The van der Waals surface area contributed by atoms with Crippen molar-refractivity contribution in [2.45, 2.75) is 38.5 Å². The highest BCUT2D eigenvalue weighted by Gasteiger charge is 2.38. The van der Waals surface area contributed by atoms with Crippen molar-refractivity contribution >= 4 is 33.5 Å². The highest BCUT2D eigenvalue weighted by molar-refractivity contribution is 6.38. The number of hydrogen-bond acceptors (Lipinski definition) is 1. The fourth-order valence-electron chi connectivity index (χ4n) is 7.15. The largest absolute Gasteiger partial charge is 0.455 e. The van der Waals surface area contributed by atoms with Crippen molar-refractivity contribution in [3.8, 4) is 33.4 Å². The molecular weight excluding hydrogens is 484 g/mol. The van der Waals surface area contributed by atoms with Gasteiger partial charge in [-0.25, -0.2) is 0 Å². The molecule has 0 bridgehead atoms. The van der Waals surface area contributed by atoms with E-state index in [9.17, 15) is 0 Å². The topological polar surface area (TPSA) is 13.1 Å². The van der Waals surface area contributed by atoms with Crippen LogP contribution in [0.2, 0.25) is 5.02 Å². The zero-order chi connectivity index (χ0) is 26.0. The van der Waals surface area contributed by atoms with Crippen LogP contribution in [0.15, 0.2) is 95.4 Å². The maximum absolute atomic E-state index is 7.03. The number of rotatable bonds is 1. The lowest BCUT2D eigenvalue weighted by atomic mass is 9.81. The molecule has 0 saturated carbocycles. The number of benzene rings is 5. The number of fused-ring (bicyclic) bond motifs is 10. The molecule has 0 saturated heterocycles.